The summed E-state index contributed by atoms with van der Waals surface area (Å²) < 4.78 is 11.0. The standard InChI is InChI=1S/C12H12N6O2/c1-19-8-4-2-3-5-9(8)20-11-7-6-14-18-10(7)15-12(16-11)17-13/h2-6H,13H2,1H3,(H2,14,15,16,17,18). The van der Waals surface area contributed by atoms with E-state index in [1.165, 1.54) is 0 Å². The number of methoxy groups -OCH3 is 1. The van der Waals surface area contributed by atoms with Crippen LogP contribution in [-0.2, 0) is 0 Å². The van der Waals surface area contributed by atoms with E-state index in [4.69, 9.17) is 15.3 Å². The van der Waals surface area contributed by atoms with Crippen LogP contribution in [0.4, 0.5) is 5.95 Å². The molecule has 0 atom stereocenters. The van der Waals surface area contributed by atoms with Gasteiger partial charge in [-0.2, -0.15) is 15.1 Å². The van der Waals surface area contributed by atoms with Gasteiger partial charge in [-0.05, 0) is 12.1 Å². The van der Waals surface area contributed by atoms with Gasteiger partial charge in [-0.25, -0.2) is 5.84 Å². The molecule has 8 heteroatoms. The highest BCUT2D eigenvalue weighted by Crippen LogP contribution is 2.33. The van der Waals surface area contributed by atoms with Crippen LogP contribution in [0, 0.1) is 0 Å². The average molecular weight is 272 g/mol. The second kappa shape index (κ2) is 5.02. The summed E-state index contributed by atoms with van der Waals surface area (Å²) in [7, 11) is 1.57. The second-order valence-electron chi connectivity index (χ2n) is 3.88. The van der Waals surface area contributed by atoms with Crippen LogP contribution in [0.3, 0.4) is 0 Å². The Balaban J connectivity index is 2.07. The molecule has 0 spiro atoms. The fourth-order valence-electron chi connectivity index (χ4n) is 1.76. The molecule has 2 heterocycles. The van der Waals surface area contributed by atoms with Gasteiger partial charge < -0.3 is 9.47 Å². The molecule has 0 amide bonds. The van der Waals surface area contributed by atoms with Crippen molar-refractivity contribution >= 4 is 17.0 Å². The normalized spacial score (nSPS) is 10.5. The molecule has 8 nitrogen and oxygen atoms in total. The molecule has 0 saturated heterocycles. The highest BCUT2D eigenvalue weighted by molar-refractivity contribution is 5.81. The SMILES string of the molecule is COc1ccccc1Oc1nc(NN)nc2[nH]ncc12. The number of aromatic amines is 1. The molecule has 0 aliphatic carbocycles. The Labute approximate surface area is 113 Å². The zero-order chi connectivity index (χ0) is 13.9. The number of hydrogen-bond donors (Lipinski definition) is 3. The number of aromatic nitrogens is 4. The Hall–Kier alpha value is -2.87. The Kier molecular flexibility index (Phi) is 3.05. The topological polar surface area (TPSA) is 111 Å². The van der Waals surface area contributed by atoms with E-state index in [9.17, 15) is 0 Å². The number of para-hydroxylation sites is 2. The molecule has 0 aliphatic heterocycles. The minimum Gasteiger partial charge on any atom is -0.493 e. The first-order valence-electron chi connectivity index (χ1n) is 5.80. The first-order valence-corrected chi connectivity index (χ1v) is 5.80. The maximum atomic E-state index is 5.78. The predicted molar refractivity (Wildman–Crippen MR) is 72.6 cm³/mol. The van der Waals surface area contributed by atoms with E-state index in [0.29, 0.717) is 28.4 Å². The van der Waals surface area contributed by atoms with Crippen LogP contribution in [-0.4, -0.2) is 27.3 Å². The molecular formula is C12H12N6O2. The van der Waals surface area contributed by atoms with Crippen molar-refractivity contribution in [3.05, 3.63) is 30.5 Å². The number of ether oxygens (including phenoxy) is 2. The van der Waals surface area contributed by atoms with Crippen LogP contribution in [0.5, 0.6) is 17.4 Å². The minimum absolute atomic E-state index is 0.228. The summed E-state index contributed by atoms with van der Waals surface area (Å²) >= 11 is 0. The lowest BCUT2D eigenvalue weighted by Crippen LogP contribution is -2.11. The first-order chi connectivity index (χ1) is 9.81. The van der Waals surface area contributed by atoms with E-state index in [1.54, 1.807) is 25.4 Å². The zero-order valence-electron chi connectivity index (χ0n) is 10.6. The second-order valence-corrected chi connectivity index (χ2v) is 3.88. The Morgan fingerprint density at radius 1 is 1.20 bits per heavy atom. The van der Waals surface area contributed by atoms with Gasteiger partial charge in [0, 0.05) is 0 Å². The van der Waals surface area contributed by atoms with E-state index in [2.05, 4.69) is 25.6 Å². The zero-order valence-corrected chi connectivity index (χ0v) is 10.6. The number of hydrogen-bond acceptors (Lipinski definition) is 7. The number of hydrazine groups is 1. The van der Waals surface area contributed by atoms with Gasteiger partial charge in [0.25, 0.3) is 0 Å². The minimum atomic E-state index is 0.228. The summed E-state index contributed by atoms with van der Waals surface area (Å²) in [6.45, 7) is 0. The van der Waals surface area contributed by atoms with E-state index < -0.39 is 0 Å². The number of anilines is 1. The van der Waals surface area contributed by atoms with Crippen molar-refractivity contribution < 1.29 is 9.47 Å². The summed E-state index contributed by atoms with van der Waals surface area (Å²) in [6, 6.07) is 7.27. The fourth-order valence-corrected chi connectivity index (χ4v) is 1.76. The van der Waals surface area contributed by atoms with Gasteiger partial charge >= 0.3 is 0 Å². The van der Waals surface area contributed by atoms with Crippen molar-refractivity contribution in [3.63, 3.8) is 0 Å². The van der Waals surface area contributed by atoms with Gasteiger partial charge in [0.2, 0.25) is 11.8 Å². The number of nitrogens with one attached hydrogen (secondary N) is 2. The molecule has 0 saturated carbocycles. The van der Waals surface area contributed by atoms with Gasteiger partial charge in [-0.15, -0.1) is 0 Å². The van der Waals surface area contributed by atoms with E-state index in [-0.39, 0.29) is 5.95 Å². The van der Waals surface area contributed by atoms with Crippen LogP contribution >= 0.6 is 0 Å². The molecule has 0 bridgehead atoms. The molecule has 0 radical (unpaired) electrons. The lowest BCUT2D eigenvalue weighted by Gasteiger charge is -2.10. The van der Waals surface area contributed by atoms with Crippen molar-refractivity contribution in [3.8, 4) is 17.4 Å². The molecule has 3 aromatic rings. The van der Waals surface area contributed by atoms with Gasteiger partial charge in [0.15, 0.2) is 17.1 Å². The summed E-state index contributed by atoms with van der Waals surface area (Å²) in [6.07, 6.45) is 1.58. The lowest BCUT2D eigenvalue weighted by atomic mass is 10.3. The molecule has 3 rings (SSSR count). The molecule has 4 N–H and O–H groups in total. The molecule has 102 valence electrons. The maximum absolute atomic E-state index is 5.78. The van der Waals surface area contributed by atoms with Gasteiger partial charge in [0.1, 0.15) is 5.39 Å². The van der Waals surface area contributed by atoms with Gasteiger partial charge in [-0.3, -0.25) is 10.5 Å². The number of benzene rings is 1. The van der Waals surface area contributed by atoms with E-state index >= 15 is 0 Å². The summed E-state index contributed by atoms with van der Waals surface area (Å²) in [5, 5.41) is 7.30. The highest BCUT2D eigenvalue weighted by Gasteiger charge is 2.13. The van der Waals surface area contributed by atoms with Crippen molar-refractivity contribution in [1.82, 2.24) is 20.2 Å². The van der Waals surface area contributed by atoms with Crippen LogP contribution in [0.15, 0.2) is 30.5 Å². The molecular weight excluding hydrogens is 260 g/mol. The molecule has 0 aliphatic rings. The first kappa shape index (κ1) is 12.2. The summed E-state index contributed by atoms with van der Waals surface area (Å²) in [5.74, 6) is 7.04. The van der Waals surface area contributed by atoms with Crippen molar-refractivity contribution in [2.24, 2.45) is 5.84 Å². The molecule has 0 unspecified atom stereocenters. The Bertz CT molecular complexity index is 742. The quantitative estimate of drug-likeness (QED) is 0.486. The predicted octanol–water partition coefficient (Wildman–Crippen LogP) is 1.44. The van der Waals surface area contributed by atoms with Crippen molar-refractivity contribution in [2.75, 3.05) is 12.5 Å². The van der Waals surface area contributed by atoms with Crippen molar-refractivity contribution in [1.29, 1.82) is 0 Å². The number of fused-ring (bicyclic) bond motifs is 1. The maximum Gasteiger partial charge on any atom is 0.242 e. The third-order valence-electron chi connectivity index (χ3n) is 2.68. The van der Waals surface area contributed by atoms with E-state index in [1.807, 2.05) is 12.1 Å². The Morgan fingerprint density at radius 3 is 2.75 bits per heavy atom. The summed E-state index contributed by atoms with van der Waals surface area (Å²) in [5.41, 5.74) is 2.91. The van der Waals surface area contributed by atoms with Crippen LogP contribution in [0.25, 0.3) is 11.0 Å². The number of nitrogens with zero attached hydrogens (tertiary/aromatic N) is 3. The molecule has 2 aromatic heterocycles. The fraction of sp³-hybridized carbons (Fsp3) is 0.0833. The summed E-state index contributed by atoms with van der Waals surface area (Å²) in [4.78, 5) is 8.30. The molecule has 0 fully saturated rings. The van der Waals surface area contributed by atoms with Gasteiger partial charge in [0.05, 0.1) is 13.3 Å². The van der Waals surface area contributed by atoms with Crippen molar-refractivity contribution in [2.45, 2.75) is 0 Å². The lowest BCUT2D eigenvalue weighted by molar-refractivity contribution is 0.376. The van der Waals surface area contributed by atoms with Crippen LogP contribution in [0.1, 0.15) is 0 Å². The third-order valence-corrected chi connectivity index (χ3v) is 2.68. The average Bonchev–Trinajstić information content (AvgIpc) is 2.96. The largest absolute Gasteiger partial charge is 0.493 e. The van der Waals surface area contributed by atoms with Gasteiger partial charge in [-0.1, -0.05) is 12.1 Å². The highest BCUT2D eigenvalue weighted by atomic mass is 16.5. The van der Waals surface area contributed by atoms with Crippen LogP contribution in [0.2, 0.25) is 0 Å². The monoisotopic (exact) mass is 272 g/mol. The van der Waals surface area contributed by atoms with Crippen LogP contribution < -0.4 is 20.7 Å². The Morgan fingerprint density at radius 2 is 2.00 bits per heavy atom. The molecule has 20 heavy (non-hydrogen) atoms. The van der Waals surface area contributed by atoms with E-state index in [0.717, 1.165) is 0 Å². The number of rotatable bonds is 4. The smallest absolute Gasteiger partial charge is 0.242 e. The third kappa shape index (κ3) is 2.08. The molecule has 1 aromatic carbocycles. The number of nitrogen functional groups attached to an aromatic ring is 1. The number of H-pyrrole nitrogens is 1. The number of nitrogens with two attached hydrogens (primary N) is 1.